The van der Waals surface area contributed by atoms with Crippen LogP contribution in [0.2, 0.25) is 0 Å². The Labute approximate surface area is 252 Å². The zero-order valence-electron chi connectivity index (χ0n) is 22.9. The molecule has 0 aromatic rings. The summed E-state index contributed by atoms with van der Waals surface area (Å²) in [4.78, 5) is 75.6. The van der Waals surface area contributed by atoms with Crippen LogP contribution in [-0.4, -0.2) is 85.4 Å². The molecule has 0 aromatic carbocycles. The van der Waals surface area contributed by atoms with E-state index in [-0.39, 0.29) is 89.8 Å². The van der Waals surface area contributed by atoms with Gasteiger partial charge in [-0.15, -0.1) is 5.06 Å². The molecular formula is C24H37N4O10Y-. The molecule has 2 heterocycles. The van der Waals surface area contributed by atoms with E-state index in [2.05, 4.69) is 15.4 Å². The molecule has 0 bridgehead atoms. The van der Waals surface area contributed by atoms with Crippen LogP contribution in [0.3, 0.4) is 0 Å². The van der Waals surface area contributed by atoms with Crippen molar-refractivity contribution >= 4 is 35.6 Å². The van der Waals surface area contributed by atoms with Gasteiger partial charge in [0.2, 0.25) is 11.8 Å². The maximum Gasteiger partial charge on any atom is 0.333 e. The Kier molecular flexibility index (Phi) is 14.1. The van der Waals surface area contributed by atoms with Gasteiger partial charge in [0.25, 0.3) is 17.8 Å². The van der Waals surface area contributed by atoms with E-state index in [4.69, 9.17) is 20.0 Å². The van der Waals surface area contributed by atoms with E-state index in [1.807, 2.05) is 20.8 Å². The summed E-state index contributed by atoms with van der Waals surface area (Å²) in [7, 11) is 1.14. The van der Waals surface area contributed by atoms with Gasteiger partial charge in [-0.1, -0.05) is 20.8 Å². The molecule has 5 atom stereocenters. The fraction of sp³-hybridized carbons (Fsp3) is 0.750. The Hall–Kier alpha value is -2.00. The van der Waals surface area contributed by atoms with Gasteiger partial charge >= 0.3 is 5.97 Å². The van der Waals surface area contributed by atoms with Crippen molar-refractivity contribution in [1.82, 2.24) is 15.7 Å². The Bertz CT molecular complexity index is 915. The first-order chi connectivity index (χ1) is 17.8. The van der Waals surface area contributed by atoms with E-state index in [9.17, 15) is 28.8 Å². The molecule has 1 radical (unpaired) electrons. The predicted molar refractivity (Wildman–Crippen MR) is 129 cm³/mol. The first-order valence-electron chi connectivity index (χ1n) is 12.4. The van der Waals surface area contributed by atoms with Crippen LogP contribution in [0.25, 0.3) is 5.73 Å². The molecule has 15 heteroatoms. The zero-order chi connectivity index (χ0) is 28.6. The van der Waals surface area contributed by atoms with Crippen molar-refractivity contribution in [2.24, 2.45) is 11.3 Å². The van der Waals surface area contributed by atoms with Gasteiger partial charge in [0.05, 0.1) is 32.3 Å². The van der Waals surface area contributed by atoms with Crippen LogP contribution in [0.4, 0.5) is 0 Å². The minimum Gasteiger partial charge on any atom is -0.665 e. The van der Waals surface area contributed by atoms with E-state index in [0.717, 1.165) is 7.11 Å². The quantitative estimate of drug-likeness (QED) is 0.173. The van der Waals surface area contributed by atoms with Crippen molar-refractivity contribution in [3.8, 4) is 0 Å². The number of esters is 1. The average molecular weight is 630 g/mol. The second kappa shape index (κ2) is 15.7. The number of hydrogen-bond donors (Lipinski definition) is 2. The topological polar surface area (TPSA) is 190 Å². The average Bonchev–Trinajstić information content (AvgIpc) is 3.16. The third-order valence-electron chi connectivity index (χ3n) is 6.85. The molecule has 4 amide bonds. The molecule has 2 aliphatic rings. The Morgan fingerprint density at radius 3 is 2.36 bits per heavy atom. The van der Waals surface area contributed by atoms with Gasteiger partial charge in [-0.3, -0.25) is 24.0 Å². The van der Waals surface area contributed by atoms with Gasteiger partial charge in [-0.2, -0.15) is 0 Å². The van der Waals surface area contributed by atoms with Gasteiger partial charge in [-0.05, 0) is 23.8 Å². The molecule has 0 aromatic heterocycles. The SMILES string of the molecule is COC(=O)C([NH-])CC(=O)NCC1OC(OCCCC(=O)ON2C(=O)CCC2=O)C(NC(C)=O)C(C)(C)C1C.[Y]. The van der Waals surface area contributed by atoms with Gasteiger partial charge in [0.15, 0.2) is 6.29 Å². The number of carbonyl (C=O) groups excluding carboxylic acids is 6. The molecule has 14 nitrogen and oxygen atoms in total. The zero-order valence-corrected chi connectivity index (χ0v) is 25.8. The number of amides is 4. The molecule has 2 rings (SSSR count). The summed E-state index contributed by atoms with van der Waals surface area (Å²) >= 11 is 0. The molecule has 217 valence electrons. The van der Waals surface area contributed by atoms with Gasteiger partial charge in [0, 0.05) is 65.4 Å². The number of hydroxylamine groups is 2. The van der Waals surface area contributed by atoms with Crippen molar-refractivity contribution in [2.75, 3.05) is 20.3 Å². The van der Waals surface area contributed by atoms with Crippen LogP contribution in [0.1, 0.15) is 59.8 Å². The van der Waals surface area contributed by atoms with E-state index < -0.39 is 59.6 Å². The van der Waals surface area contributed by atoms with Crippen molar-refractivity contribution in [2.45, 2.75) is 84.3 Å². The summed E-state index contributed by atoms with van der Waals surface area (Å²) in [5.74, 6) is -3.65. The summed E-state index contributed by atoms with van der Waals surface area (Å²) < 4.78 is 16.5. The molecule has 2 saturated heterocycles. The van der Waals surface area contributed by atoms with E-state index in [0.29, 0.717) is 5.06 Å². The summed E-state index contributed by atoms with van der Waals surface area (Å²) in [6.07, 6.45) is -1.73. The monoisotopic (exact) mass is 630 g/mol. The van der Waals surface area contributed by atoms with E-state index in [1.54, 1.807) is 0 Å². The van der Waals surface area contributed by atoms with Crippen LogP contribution in [0.15, 0.2) is 0 Å². The van der Waals surface area contributed by atoms with Crippen molar-refractivity contribution in [3.05, 3.63) is 5.73 Å². The smallest absolute Gasteiger partial charge is 0.333 e. The van der Waals surface area contributed by atoms with Gasteiger partial charge < -0.3 is 35.4 Å². The third kappa shape index (κ3) is 9.85. The summed E-state index contributed by atoms with van der Waals surface area (Å²) in [5, 5.41) is 6.02. The first-order valence-corrected chi connectivity index (χ1v) is 12.4. The number of nitrogens with zero attached hydrogens (tertiary/aromatic N) is 1. The van der Waals surface area contributed by atoms with Crippen LogP contribution >= 0.6 is 0 Å². The number of carbonyl (C=O) groups is 6. The molecular weight excluding hydrogens is 593 g/mol. The Morgan fingerprint density at radius 2 is 1.79 bits per heavy atom. The molecule has 0 aliphatic carbocycles. The van der Waals surface area contributed by atoms with Crippen molar-refractivity contribution in [3.63, 3.8) is 0 Å². The number of nitrogens with one attached hydrogen (secondary N) is 3. The van der Waals surface area contributed by atoms with Gasteiger partial charge in [0.1, 0.15) is 0 Å². The number of ether oxygens (including phenoxy) is 3. The molecule has 39 heavy (non-hydrogen) atoms. The van der Waals surface area contributed by atoms with Crippen LogP contribution in [-0.2, 0) is 80.5 Å². The number of hydrogen-bond acceptors (Lipinski definition) is 10. The Morgan fingerprint density at radius 1 is 1.18 bits per heavy atom. The minimum absolute atomic E-state index is 0. The fourth-order valence-corrected chi connectivity index (χ4v) is 4.23. The summed E-state index contributed by atoms with van der Waals surface area (Å²) in [6, 6.07) is -1.89. The fourth-order valence-electron chi connectivity index (χ4n) is 4.23. The molecule has 0 spiro atoms. The van der Waals surface area contributed by atoms with E-state index in [1.165, 1.54) is 6.92 Å². The largest absolute Gasteiger partial charge is 0.665 e. The molecule has 5 unspecified atom stereocenters. The third-order valence-corrected chi connectivity index (χ3v) is 6.85. The molecule has 2 fully saturated rings. The number of methoxy groups -OCH3 is 1. The second-order valence-electron chi connectivity index (χ2n) is 9.93. The normalized spacial score (nSPS) is 24.8. The molecule has 3 N–H and O–H groups in total. The maximum absolute atomic E-state index is 12.2. The maximum atomic E-state index is 12.2. The van der Waals surface area contributed by atoms with Crippen molar-refractivity contribution < 1.29 is 80.5 Å². The predicted octanol–water partition coefficient (Wildman–Crippen LogP) is 0.380. The van der Waals surface area contributed by atoms with E-state index >= 15 is 0 Å². The molecule has 0 saturated carbocycles. The number of rotatable bonds is 12. The van der Waals surface area contributed by atoms with Crippen molar-refractivity contribution in [1.29, 1.82) is 0 Å². The standard InChI is InChI=1S/C24H37N4O10.Y/c1-13-16(12-26-17(30)11-15(25)22(34)35-5)37-23(21(24(13,3)4)27-14(2)29)36-10-6-7-20(33)38-28-18(31)8-9-19(28)32;/h13,15-16,21,23,25H,6-12H2,1-5H3,(H,26,30)(H,27,29);/q-1;. The van der Waals surface area contributed by atoms with Gasteiger partial charge in [-0.25, -0.2) is 4.79 Å². The summed E-state index contributed by atoms with van der Waals surface area (Å²) in [6.45, 7) is 7.28. The van der Waals surface area contributed by atoms with Crippen LogP contribution in [0.5, 0.6) is 0 Å². The Balaban J connectivity index is 0.00000760. The van der Waals surface area contributed by atoms with Crippen LogP contribution in [0, 0.1) is 11.3 Å². The minimum atomic E-state index is -1.34. The molecule has 2 aliphatic heterocycles. The van der Waals surface area contributed by atoms with Crippen LogP contribution < -0.4 is 10.6 Å². The second-order valence-corrected chi connectivity index (χ2v) is 9.93. The number of imide groups is 1. The first kappa shape index (κ1) is 35.0. The summed E-state index contributed by atoms with van der Waals surface area (Å²) in [5.41, 5.74) is 7.13.